The van der Waals surface area contributed by atoms with Crippen LogP contribution in [-0.2, 0) is 9.59 Å². The van der Waals surface area contributed by atoms with Crippen LogP contribution in [0.3, 0.4) is 0 Å². The van der Waals surface area contributed by atoms with Gasteiger partial charge in [0.25, 0.3) is 0 Å². The summed E-state index contributed by atoms with van der Waals surface area (Å²) >= 11 is 0. The van der Waals surface area contributed by atoms with Crippen LogP contribution in [-0.4, -0.2) is 87.5 Å². The topological polar surface area (TPSA) is 188 Å². The first-order valence-corrected chi connectivity index (χ1v) is 23.9. The number of aromatic nitrogens is 3. The highest BCUT2D eigenvalue weighted by Crippen LogP contribution is 2.19. The van der Waals surface area contributed by atoms with Gasteiger partial charge in [0.05, 0.1) is 13.3 Å². The molecular formula is C45H88N8O6. The summed E-state index contributed by atoms with van der Waals surface area (Å²) in [7, 11) is 0. The molecule has 1 aromatic rings. The Morgan fingerprint density at radius 3 is 0.831 bits per heavy atom. The van der Waals surface area contributed by atoms with Gasteiger partial charge in [0, 0.05) is 12.8 Å². The summed E-state index contributed by atoms with van der Waals surface area (Å²) in [6.07, 6.45) is 38.3. The second kappa shape index (κ2) is 39.3. The van der Waals surface area contributed by atoms with Crippen LogP contribution in [0, 0.1) is 0 Å². The number of amides is 2. The molecule has 6 N–H and O–H groups in total. The molecule has 344 valence electrons. The van der Waals surface area contributed by atoms with E-state index in [1.165, 1.54) is 164 Å². The molecular weight excluding hydrogens is 749 g/mol. The zero-order valence-corrected chi connectivity index (χ0v) is 37.7. The highest BCUT2D eigenvalue weighted by molar-refractivity contribution is 5.76. The Morgan fingerprint density at radius 1 is 0.373 bits per heavy atom. The van der Waals surface area contributed by atoms with E-state index >= 15 is 0 Å². The Balaban J connectivity index is 2.42. The zero-order chi connectivity index (χ0) is 43.0. The highest BCUT2D eigenvalue weighted by Gasteiger charge is 2.20. The van der Waals surface area contributed by atoms with Gasteiger partial charge in [-0.3, -0.25) is 24.3 Å². The molecule has 1 aromatic heterocycles. The van der Waals surface area contributed by atoms with Crippen LogP contribution < -0.4 is 25.3 Å². The van der Waals surface area contributed by atoms with E-state index in [1.54, 1.807) is 0 Å². The van der Waals surface area contributed by atoms with Crippen molar-refractivity contribution in [2.75, 3.05) is 55.0 Å². The van der Waals surface area contributed by atoms with Gasteiger partial charge in [-0.1, -0.05) is 194 Å². The first-order chi connectivity index (χ1) is 28.9. The third-order valence-corrected chi connectivity index (χ3v) is 11.1. The third-order valence-electron chi connectivity index (χ3n) is 11.1. The lowest BCUT2D eigenvalue weighted by Crippen LogP contribution is -2.42. The molecule has 0 saturated carbocycles. The minimum Gasteiger partial charge on any atom is -0.376 e. The first kappa shape index (κ1) is 54.2. The molecule has 14 heteroatoms. The van der Waals surface area contributed by atoms with Crippen molar-refractivity contribution in [3.05, 3.63) is 0 Å². The fraction of sp³-hybridized carbons (Fsp3) is 0.889. The van der Waals surface area contributed by atoms with Gasteiger partial charge in [-0.05, 0) is 12.8 Å². The van der Waals surface area contributed by atoms with E-state index in [-0.39, 0.29) is 43.0 Å². The molecule has 0 unspecified atom stereocenters. The van der Waals surface area contributed by atoms with Crippen molar-refractivity contribution < 1.29 is 30.0 Å². The molecule has 2 amide bonds. The van der Waals surface area contributed by atoms with E-state index in [9.17, 15) is 30.0 Å². The maximum absolute atomic E-state index is 12.7. The van der Waals surface area contributed by atoms with E-state index in [2.05, 4.69) is 39.4 Å². The smallest absolute Gasteiger partial charge is 0.235 e. The van der Waals surface area contributed by atoms with Crippen molar-refractivity contribution in [2.24, 2.45) is 0 Å². The maximum atomic E-state index is 12.7. The second-order valence-electron chi connectivity index (χ2n) is 16.3. The highest BCUT2D eigenvalue weighted by atomic mass is 16.3. The number of unbranched alkanes of at least 4 members (excludes halogenated alkanes) is 28. The predicted molar refractivity (Wildman–Crippen MR) is 241 cm³/mol. The molecule has 59 heavy (non-hydrogen) atoms. The Morgan fingerprint density at radius 2 is 0.593 bits per heavy atom. The fourth-order valence-corrected chi connectivity index (χ4v) is 7.16. The van der Waals surface area contributed by atoms with Gasteiger partial charge < -0.3 is 31.1 Å². The largest absolute Gasteiger partial charge is 0.376 e. The lowest BCUT2D eigenvalue weighted by Gasteiger charge is -2.26. The molecule has 0 saturated heterocycles. The van der Waals surface area contributed by atoms with Crippen molar-refractivity contribution in [2.45, 2.75) is 219 Å². The Labute approximate surface area is 358 Å². The minimum atomic E-state index is -0.608. The standard InChI is InChI=1S/C45H88N8O6/c1-3-5-7-9-11-13-15-17-19-21-23-25-27-29-31-33-41(58)46-35-51(37-54)43-48-44(50-45(49-43)53(39-56)40-57)52(38-55)36-47-42(59)34-32-30-28-26-24-22-20-18-16-14-12-10-8-6-4-2/h54-57H,3-40H2,1-2H3,(H,46,58)(H,47,59). The molecule has 0 aliphatic rings. The lowest BCUT2D eigenvalue weighted by molar-refractivity contribution is -0.122. The Hall–Kier alpha value is -2.81. The van der Waals surface area contributed by atoms with Gasteiger partial charge in [0.2, 0.25) is 29.7 Å². The molecule has 0 fully saturated rings. The monoisotopic (exact) mass is 837 g/mol. The van der Waals surface area contributed by atoms with Crippen LogP contribution in [0.1, 0.15) is 219 Å². The normalized spacial score (nSPS) is 11.2. The predicted octanol–water partition coefficient (Wildman–Crippen LogP) is 8.76. The van der Waals surface area contributed by atoms with E-state index < -0.39 is 26.9 Å². The Bertz CT molecular complexity index is 1060. The summed E-state index contributed by atoms with van der Waals surface area (Å²) in [5, 5.41) is 45.6. The second-order valence-corrected chi connectivity index (χ2v) is 16.3. The number of carbonyl (C=O) groups excluding carboxylic acids is 2. The molecule has 0 bridgehead atoms. The van der Waals surface area contributed by atoms with E-state index in [4.69, 9.17) is 0 Å². The summed E-state index contributed by atoms with van der Waals surface area (Å²) < 4.78 is 0. The number of nitrogens with zero attached hydrogens (tertiary/aromatic N) is 6. The van der Waals surface area contributed by atoms with Crippen LogP contribution in [0.4, 0.5) is 17.8 Å². The Kier molecular flexibility index (Phi) is 36.1. The van der Waals surface area contributed by atoms with E-state index in [1.807, 2.05) is 0 Å². The average molecular weight is 837 g/mol. The number of aliphatic hydroxyl groups excluding tert-OH is 4. The molecule has 0 aliphatic heterocycles. The number of aliphatic hydroxyl groups is 4. The summed E-state index contributed by atoms with van der Waals surface area (Å²) in [6.45, 7) is 2.02. The number of hydrogen-bond donors (Lipinski definition) is 6. The average Bonchev–Trinajstić information content (AvgIpc) is 3.24. The maximum Gasteiger partial charge on any atom is 0.235 e. The van der Waals surface area contributed by atoms with Gasteiger partial charge in [-0.15, -0.1) is 0 Å². The summed E-state index contributed by atoms with van der Waals surface area (Å²) in [5.74, 6) is -0.522. The molecule has 14 nitrogen and oxygen atoms in total. The molecule has 0 aromatic carbocycles. The van der Waals surface area contributed by atoms with Gasteiger partial charge in [-0.2, -0.15) is 15.0 Å². The zero-order valence-electron chi connectivity index (χ0n) is 37.7. The number of anilines is 3. The quantitative estimate of drug-likeness (QED) is 0.0272. The molecule has 1 heterocycles. The molecule has 0 atom stereocenters. The third kappa shape index (κ3) is 29.1. The SMILES string of the molecule is CCCCCCCCCCCCCCCCCC(=O)NCN(CO)c1nc(N(CO)CO)nc(N(CO)CNC(=O)CCCCCCCCCCCCCCCCC)n1. The minimum absolute atomic E-state index is 0.0470. The molecule has 1 rings (SSSR count). The van der Waals surface area contributed by atoms with Crippen molar-refractivity contribution in [1.29, 1.82) is 0 Å². The van der Waals surface area contributed by atoms with Crippen molar-refractivity contribution >= 4 is 29.7 Å². The van der Waals surface area contributed by atoms with Crippen LogP contribution in [0.25, 0.3) is 0 Å². The summed E-state index contributed by atoms with van der Waals surface area (Å²) in [5.41, 5.74) is 0. The summed E-state index contributed by atoms with van der Waals surface area (Å²) in [4.78, 5) is 42.0. The lowest BCUT2D eigenvalue weighted by atomic mass is 10.0. The van der Waals surface area contributed by atoms with E-state index in [0.29, 0.717) is 12.8 Å². The van der Waals surface area contributed by atoms with Crippen molar-refractivity contribution in [3.8, 4) is 0 Å². The van der Waals surface area contributed by atoms with Gasteiger partial charge in [0.1, 0.15) is 26.9 Å². The summed E-state index contributed by atoms with van der Waals surface area (Å²) in [6, 6.07) is 0. The van der Waals surface area contributed by atoms with Gasteiger partial charge in [0.15, 0.2) is 0 Å². The first-order valence-electron chi connectivity index (χ1n) is 23.9. The van der Waals surface area contributed by atoms with Crippen LogP contribution in [0.2, 0.25) is 0 Å². The molecule has 0 radical (unpaired) electrons. The number of carbonyl (C=O) groups is 2. The van der Waals surface area contributed by atoms with Gasteiger partial charge in [-0.25, -0.2) is 0 Å². The van der Waals surface area contributed by atoms with Crippen molar-refractivity contribution in [3.63, 3.8) is 0 Å². The fourth-order valence-electron chi connectivity index (χ4n) is 7.16. The van der Waals surface area contributed by atoms with Gasteiger partial charge >= 0.3 is 0 Å². The molecule has 0 spiro atoms. The van der Waals surface area contributed by atoms with Crippen molar-refractivity contribution in [1.82, 2.24) is 25.6 Å². The van der Waals surface area contributed by atoms with Crippen LogP contribution in [0.15, 0.2) is 0 Å². The van der Waals surface area contributed by atoms with Crippen LogP contribution in [0.5, 0.6) is 0 Å². The van der Waals surface area contributed by atoms with E-state index in [0.717, 1.165) is 43.4 Å². The number of rotatable bonds is 43. The number of nitrogens with one attached hydrogen (secondary N) is 2. The van der Waals surface area contributed by atoms with Crippen LogP contribution >= 0.6 is 0 Å². The molecule has 0 aliphatic carbocycles. The number of hydrogen-bond acceptors (Lipinski definition) is 12.